The number of carbonyl (C=O) groups is 1. The van der Waals surface area contributed by atoms with Gasteiger partial charge in [-0.25, -0.2) is 0 Å². The number of piperazine rings is 1. The van der Waals surface area contributed by atoms with Crippen molar-refractivity contribution in [3.05, 3.63) is 86.8 Å². The van der Waals surface area contributed by atoms with Gasteiger partial charge in [0.05, 0.1) is 0 Å². The third kappa shape index (κ3) is 5.66. The summed E-state index contributed by atoms with van der Waals surface area (Å²) in [5.74, 6) is -0.182. The molecule has 2 aliphatic rings. The Balaban J connectivity index is 1.25. The topological polar surface area (TPSA) is 48.5 Å². The van der Waals surface area contributed by atoms with Crippen molar-refractivity contribution in [1.82, 2.24) is 14.8 Å². The highest BCUT2D eigenvalue weighted by atomic mass is 127. The van der Waals surface area contributed by atoms with E-state index in [9.17, 15) is 4.79 Å². The minimum absolute atomic E-state index is 0.182. The van der Waals surface area contributed by atoms with E-state index in [1.54, 1.807) is 17.8 Å². The summed E-state index contributed by atoms with van der Waals surface area (Å²) in [5, 5.41) is 3.04. The van der Waals surface area contributed by atoms with Crippen molar-refractivity contribution < 1.29 is 4.79 Å². The van der Waals surface area contributed by atoms with Gasteiger partial charge in [-0.1, -0.05) is 29.8 Å². The average Bonchev–Trinajstić information content (AvgIpc) is 2.87. The van der Waals surface area contributed by atoms with E-state index in [1.807, 2.05) is 12.1 Å². The van der Waals surface area contributed by atoms with Crippen LogP contribution in [-0.4, -0.2) is 60.5 Å². The molecule has 1 saturated heterocycles. The molecule has 35 heavy (non-hydrogen) atoms. The second-order valence-corrected chi connectivity index (χ2v) is 10.8. The van der Waals surface area contributed by atoms with Gasteiger partial charge in [-0.05, 0) is 102 Å². The van der Waals surface area contributed by atoms with Crippen LogP contribution >= 0.6 is 22.6 Å². The molecule has 0 unspecified atom stereocenters. The summed E-state index contributed by atoms with van der Waals surface area (Å²) in [6.45, 7) is 7.91. The molecule has 2 heterocycles. The van der Waals surface area contributed by atoms with Crippen LogP contribution in [0.2, 0.25) is 0 Å². The van der Waals surface area contributed by atoms with E-state index in [0.29, 0.717) is 5.69 Å². The number of likely N-dealkylation sites (N-methyl/N-ethyl adjacent to an activating group) is 1. The van der Waals surface area contributed by atoms with E-state index in [2.05, 4.69) is 93.1 Å². The lowest BCUT2D eigenvalue weighted by atomic mass is 9.85. The highest BCUT2D eigenvalue weighted by Crippen LogP contribution is 2.33. The second-order valence-electron chi connectivity index (χ2n) is 9.57. The van der Waals surface area contributed by atoms with Crippen LogP contribution in [-0.2, 0) is 6.42 Å². The van der Waals surface area contributed by atoms with Crippen molar-refractivity contribution in [3.63, 3.8) is 0 Å². The van der Waals surface area contributed by atoms with Gasteiger partial charge in [0.25, 0.3) is 5.91 Å². The van der Waals surface area contributed by atoms with Gasteiger partial charge in [-0.3, -0.25) is 14.7 Å². The lowest BCUT2D eigenvalue weighted by molar-refractivity contribution is 0.102. The fourth-order valence-corrected chi connectivity index (χ4v) is 5.28. The molecule has 6 heteroatoms. The number of amides is 1. The van der Waals surface area contributed by atoms with Crippen molar-refractivity contribution in [2.24, 2.45) is 0 Å². The molecule has 0 radical (unpaired) electrons. The van der Waals surface area contributed by atoms with Crippen LogP contribution in [0, 0.1) is 3.57 Å². The molecule has 1 amide bonds. The molecule has 2 aromatic carbocycles. The molecule has 1 aromatic heterocycles. The molecule has 1 aliphatic heterocycles. The Morgan fingerprint density at radius 3 is 2.43 bits per heavy atom. The Hall–Kier alpha value is -2.55. The van der Waals surface area contributed by atoms with Crippen LogP contribution in [0.5, 0.6) is 0 Å². The van der Waals surface area contributed by atoms with E-state index >= 15 is 0 Å². The monoisotopic (exact) mass is 578 g/mol. The zero-order chi connectivity index (χ0) is 24.4. The number of halogens is 1. The normalized spacial score (nSPS) is 16.8. The molecule has 5 rings (SSSR count). The molecule has 3 aromatic rings. The highest BCUT2D eigenvalue weighted by Gasteiger charge is 2.21. The maximum Gasteiger partial charge on any atom is 0.274 e. The number of pyridine rings is 1. The lowest BCUT2D eigenvalue weighted by Crippen LogP contribution is -2.45. The molecule has 180 valence electrons. The highest BCUT2D eigenvalue weighted by molar-refractivity contribution is 14.1. The summed E-state index contributed by atoms with van der Waals surface area (Å²) in [5.41, 5.74) is 8.92. The van der Waals surface area contributed by atoms with Gasteiger partial charge in [-0.15, -0.1) is 0 Å². The summed E-state index contributed by atoms with van der Waals surface area (Å²) < 4.78 is 1.19. The molecule has 1 aliphatic carbocycles. The number of fused-ring (bicyclic) bond motifs is 1. The molecule has 0 atom stereocenters. The summed E-state index contributed by atoms with van der Waals surface area (Å²) in [7, 11) is 2.20. The molecule has 1 N–H and O–H groups in total. The zero-order valence-electron chi connectivity index (χ0n) is 20.4. The molecule has 0 spiro atoms. The first kappa shape index (κ1) is 24.2. The number of anilines is 1. The summed E-state index contributed by atoms with van der Waals surface area (Å²) in [6, 6.07) is 18.3. The molecule has 5 nitrogen and oxygen atoms in total. The standard InChI is InChI=1S/C29H31IN4O/c1-20-24(19-34-15-13-33(2)14-16-34)4-3-22-17-26(10-11-27(20)22)32-29(35)28-12-7-23(18-31-28)21-5-8-25(30)9-6-21/h5-12,17-18H,3-4,13-16,19H2,1-2H3,(H,32,35). The number of rotatable bonds is 5. The van der Waals surface area contributed by atoms with Gasteiger partial charge in [-0.2, -0.15) is 0 Å². The van der Waals surface area contributed by atoms with E-state index in [0.717, 1.165) is 62.4 Å². The van der Waals surface area contributed by atoms with Crippen molar-refractivity contribution in [2.75, 3.05) is 45.1 Å². The zero-order valence-corrected chi connectivity index (χ0v) is 22.5. The van der Waals surface area contributed by atoms with E-state index < -0.39 is 0 Å². The number of aromatic nitrogens is 1. The minimum Gasteiger partial charge on any atom is -0.321 e. The van der Waals surface area contributed by atoms with Gasteiger partial charge in [0.1, 0.15) is 5.69 Å². The van der Waals surface area contributed by atoms with E-state index in [1.165, 1.54) is 20.3 Å². The summed E-state index contributed by atoms with van der Waals surface area (Å²) in [4.78, 5) is 22.2. The Morgan fingerprint density at radius 1 is 0.971 bits per heavy atom. The van der Waals surface area contributed by atoms with Crippen molar-refractivity contribution >= 4 is 39.8 Å². The SMILES string of the molecule is CC1=C(CN2CCN(C)CC2)CCc2cc(NC(=O)c3ccc(-c4ccc(I)cc4)cn3)ccc21. The van der Waals surface area contributed by atoms with Gasteiger partial charge in [0.15, 0.2) is 0 Å². The van der Waals surface area contributed by atoms with Crippen LogP contribution in [0.4, 0.5) is 5.69 Å². The van der Waals surface area contributed by atoms with Crippen LogP contribution in [0.3, 0.4) is 0 Å². The Morgan fingerprint density at radius 2 is 1.71 bits per heavy atom. The third-order valence-corrected chi connectivity index (χ3v) is 7.90. The lowest BCUT2D eigenvalue weighted by Gasteiger charge is -2.34. The first-order valence-corrected chi connectivity index (χ1v) is 13.3. The van der Waals surface area contributed by atoms with Gasteiger partial charge < -0.3 is 10.2 Å². The number of nitrogens with one attached hydrogen (secondary N) is 1. The number of allylic oxidation sites excluding steroid dienone is 1. The van der Waals surface area contributed by atoms with E-state index in [-0.39, 0.29) is 5.91 Å². The number of hydrogen-bond donors (Lipinski definition) is 1. The number of carbonyl (C=O) groups excluding carboxylic acids is 1. The van der Waals surface area contributed by atoms with Crippen molar-refractivity contribution in [1.29, 1.82) is 0 Å². The first-order chi connectivity index (χ1) is 17.0. The predicted molar refractivity (Wildman–Crippen MR) is 152 cm³/mol. The smallest absolute Gasteiger partial charge is 0.274 e. The molecular weight excluding hydrogens is 547 g/mol. The molecule has 0 saturated carbocycles. The van der Waals surface area contributed by atoms with E-state index in [4.69, 9.17) is 0 Å². The number of hydrogen-bond acceptors (Lipinski definition) is 4. The van der Waals surface area contributed by atoms with Crippen molar-refractivity contribution in [2.45, 2.75) is 19.8 Å². The largest absolute Gasteiger partial charge is 0.321 e. The first-order valence-electron chi connectivity index (χ1n) is 12.2. The third-order valence-electron chi connectivity index (χ3n) is 7.18. The average molecular weight is 578 g/mol. The Labute approximate surface area is 221 Å². The number of benzene rings is 2. The van der Waals surface area contributed by atoms with Crippen LogP contribution in [0.1, 0.15) is 35.0 Å². The fraction of sp³-hybridized carbons (Fsp3) is 0.310. The predicted octanol–water partition coefficient (Wildman–Crippen LogP) is 5.57. The number of aryl methyl sites for hydroxylation is 1. The second kappa shape index (κ2) is 10.6. The summed E-state index contributed by atoms with van der Waals surface area (Å²) in [6.07, 6.45) is 3.87. The van der Waals surface area contributed by atoms with Crippen LogP contribution < -0.4 is 5.32 Å². The van der Waals surface area contributed by atoms with Gasteiger partial charge >= 0.3 is 0 Å². The Kier molecular flexibility index (Phi) is 7.32. The van der Waals surface area contributed by atoms with Crippen LogP contribution in [0.25, 0.3) is 16.7 Å². The number of nitrogens with zero attached hydrogens (tertiary/aromatic N) is 3. The molecule has 0 bridgehead atoms. The molecule has 1 fully saturated rings. The minimum atomic E-state index is -0.182. The van der Waals surface area contributed by atoms with Gasteiger partial charge in [0.2, 0.25) is 0 Å². The molecular formula is C29H31IN4O. The summed E-state index contributed by atoms with van der Waals surface area (Å²) >= 11 is 2.29. The quantitative estimate of drug-likeness (QED) is 0.403. The Bertz CT molecular complexity index is 1240. The van der Waals surface area contributed by atoms with Crippen LogP contribution in [0.15, 0.2) is 66.4 Å². The fourth-order valence-electron chi connectivity index (χ4n) is 4.92. The van der Waals surface area contributed by atoms with Gasteiger partial charge in [0, 0.05) is 53.7 Å². The van der Waals surface area contributed by atoms with Crippen molar-refractivity contribution in [3.8, 4) is 11.1 Å². The maximum absolute atomic E-state index is 12.8. The maximum atomic E-state index is 12.8.